The van der Waals surface area contributed by atoms with Crippen LogP contribution in [-0.4, -0.2) is 25.8 Å². The van der Waals surface area contributed by atoms with Crippen molar-refractivity contribution in [3.63, 3.8) is 0 Å². The minimum absolute atomic E-state index is 0.149. The predicted octanol–water partition coefficient (Wildman–Crippen LogP) is 3.22. The molecule has 0 rings (SSSR count). The van der Waals surface area contributed by atoms with E-state index in [1.807, 2.05) is 0 Å². The Morgan fingerprint density at radius 2 is 2.00 bits per heavy atom. The van der Waals surface area contributed by atoms with Gasteiger partial charge in [-0.25, -0.2) is 0 Å². The summed E-state index contributed by atoms with van der Waals surface area (Å²) in [6, 6.07) is 0.397. The fourth-order valence-electron chi connectivity index (χ4n) is 2.24. The highest BCUT2D eigenvalue weighted by atomic mass is 16.5. The first-order valence-electron chi connectivity index (χ1n) is 6.67. The quantitative estimate of drug-likeness (QED) is 0.519. The van der Waals surface area contributed by atoms with Crippen molar-refractivity contribution in [3.8, 4) is 12.3 Å². The Labute approximate surface area is 108 Å². The molecule has 0 heterocycles. The van der Waals surface area contributed by atoms with Crippen LogP contribution >= 0.6 is 0 Å². The summed E-state index contributed by atoms with van der Waals surface area (Å²) < 4.78 is 5.69. The van der Waals surface area contributed by atoms with E-state index in [0.29, 0.717) is 6.04 Å². The van der Waals surface area contributed by atoms with Gasteiger partial charge >= 0.3 is 0 Å². The first-order chi connectivity index (χ1) is 7.97. The summed E-state index contributed by atoms with van der Waals surface area (Å²) in [6.07, 6.45) is 9.68. The molecule has 2 heteroatoms. The topological polar surface area (TPSA) is 21.3 Å². The molecule has 1 N–H and O–H groups in total. The number of ether oxygens (including phenoxy) is 1. The van der Waals surface area contributed by atoms with Crippen molar-refractivity contribution in [2.75, 3.05) is 13.7 Å². The van der Waals surface area contributed by atoms with E-state index < -0.39 is 0 Å². The summed E-state index contributed by atoms with van der Waals surface area (Å²) in [7, 11) is 1.80. The number of hydrogen-bond donors (Lipinski definition) is 1. The van der Waals surface area contributed by atoms with Crippen LogP contribution in [0.25, 0.3) is 0 Å². The SMILES string of the molecule is C#CCCCC(NCCC)C(OC)C(C)(C)C. The minimum atomic E-state index is 0.149. The van der Waals surface area contributed by atoms with E-state index in [1.165, 1.54) is 0 Å². The molecule has 0 radical (unpaired) electrons. The molecule has 0 aromatic rings. The molecule has 0 saturated carbocycles. The molecule has 0 fully saturated rings. The van der Waals surface area contributed by atoms with Gasteiger partial charge in [0, 0.05) is 19.6 Å². The number of terminal acetylenes is 1. The average Bonchev–Trinajstić information content (AvgIpc) is 2.24. The van der Waals surface area contributed by atoms with Gasteiger partial charge in [-0.3, -0.25) is 0 Å². The molecule has 0 aromatic heterocycles. The zero-order valence-electron chi connectivity index (χ0n) is 12.2. The lowest BCUT2D eigenvalue weighted by Gasteiger charge is -2.36. The van der Waals surface area contributed by atoms with Gasteiger partial charge in [0.15, 0.2) is 0 Å². The largest absolute Gasteiger partial charge is 0.379 e. The van der Waals surface area contributed by atoms with E-state index in [9.17, 15) is 0 Å². The highest BCUT2D eigenvalue weighted by molar-refractivity contribution is 4.89. The Bertz CT molecular complexity index is 224. The van der Waals surface area contributed by atoms with Crippen LogP contribution in [0.4, 0.5) is 0 Å². The van der Waals surface area contributed by atoms with Crippen LogP contribution in [0, 0.1) is 17.8 Å². The Balaban J connectivity index is 4.46. The van der Waals surface area contributed by atoms with E-state index in [0.717, 1.165) is 32.2 Å². The van der Waals surface area contributed by atoms with Crippen LogP contribution in [0.1, 0.15) is 53.4 Å². The molecule has 2 atom stereocenters. The maximum Gasteiger partial charge on any atom is 0.0772 e. The predicted molar refractivity (Wildman–Crippen MR) is 75.0 cm³/mol. The lowest BCUT2D eigenvalue weighted by molar-refractivity contribution is -0.0134. The van der Waals surface area contributed by atoms with E-state index in [-0.39, 0.29) is 11.5 Å². The minimum Gasteiger partial charge on any atom is -0.379 e. The molecule has 0 aromatic carbocycles. The van der Waals surface area contributed by atoms with Crippen LogP contribution in [0.3, 0.4) is 0 Å². The number of hydrogen-bond acceptors (Lipinski definition) is 2. The summed E-state index contributed by atoms with van der Waals surface area (Å²) in [5.41, 5.74) is 0.149. The molecule has 2 unspecified atom stereocenters. The molecular formula is C15H29NO. The number of unbranched alkanes of at least 4 members (excludes halogenated alkanes) is 1. The van der Waals surface area contributed by atoms with E-state index in [2.05, 4.69) is 38.9 Å². The highest BCUT2D eigenvalue weighted by Gasteiger charge is 2.31. The van der Waals surface area contributed by atoms with Gasteiger partial charge in [-0.15, -0.1) is 12.3 Å². The van der Waals surface area contributed by atoms with E-state index in [1.54, 1.807) is 7.11 Å². The number of rotatable bonds is 8. The van der Waals surface area contributed by atoms with Crippen LogP contribution < -0.4 is 5.32 Å². The fourth-order valence-corrected chi connectivity index (χ4v) is 2.24. The van der Waals surface area contributed by atoms with E-state index >= 15 is 0 Å². The third-order valence-corrected chi connectivity index (χ3v) is 2.97. The Hall–Kier alpha value is -0.520. The zero-order valence-corrected chi connectivity index (χ0v) is 12.2. The maximum absolute atomic E-state index is 5.69. The normalized spacial score (nSPS) is 15.3. The van der Waals surface area contributed by atoms with Crippen molar-refractivity contribution < 1.29 is 4.74 Å². The van der Waals surface area contributed by atoms with Gasteiger partial charge in [-0.05, 0) is 31.2 Å². The van der Waals surface area contributed by atoms with Crippen molar-refractivity contribution in [2.45, 2.75) is 65.5 Å². The van der Waals surface area contributed by atoms with Crippen molar-refractivity contribution in [1.82, 2.24) is 5.32 Å². The maximum atomic E-state index is 5.69. The van der Waals surface area contributed by atoms with Gasteiger partial charge < -0.3 is 10.1 Å². The summed E-state index contributed by atoms with van der Waals surface area (Å²) >= 11 is 0. The average molecular weight is 239 g/mol. The summed E-state index contributed by atoms with van der Waals surface area (Å²) in [5, 5.41) is 3.59. The highest BCUT2D eigenvalue weighted by Crippen LogP contribution is 2.26. The molecule has 0 spiro atoms. The van der Waals surface area contributed by atoms with Gasteiger partial charge in [0.05, 0.1) is 6.10 Å². The van der Waals surface area contributed by atoms with Crippen LogP contribution in [-0.2, 0) is 4.74 Å². The molecule has 0 amide bonds. The van der Waals surface area contributed by atoms with Gasteiger partial charge in [0.25, 0.3) is 0 Å². The summed E-state index contributed by atoms with van der Waals surface area (Å²) in [4.78, 5) is 0. The summed E-state index contributed by atoms with van der Waals surface area (Å²) in [6.45, 7) is 9.90. The third kappa shape index (κ3) is 6.71. The van der Waals surface area contributed by atoms with Crippen LogP contribution in [0.15, 0.2) is 0 Å². The smallest absolute Gasteiger partial charge is 0.0772 e. The molecule has 0 aliphatic carbocycles. The Kier molecular flexibility index (Phi) is 8.29. The second-order valence-corrected chi connectivity index (χ2v) is 5.68. The first kappa shape index (κ1) is 16.5. The standard InChI is InChI=1S/C15H29NO/c1-7-9-10-11-13(16-12-8-2)14(17-6)15(3,4)5/h1,13-14,16H,8-12H2,2-6H3. The molecular weight excluding hydrogens is 210 g/mol. The lowest BCUT2D eigenvalue weighted by Crippen LogP contribution is -2.48. The fraction of sp³-hybridized carbons (Fsp3) is 0.867. The van der Waals surface area contributed by atoms with Crippen LogP contribution in [0.2, 0.25) is 0 Å². The Morgan fingerprint density at radius 1 is 1.35 bits per heavy atom. The van der Waals surface area contributed by atoms with Gasteiger partial charge in [-0.1, -0.05) is 27.7 Å². The van der Waals surface area contributed by atoms with Crippen molar-refractivity contribution in [1.29, 1.82) is 0 Å². The second kappa shape index (κ2) is 8.55. The van der Waals surface area contributed by atoms with Crippen molar-refractivity contribution in [3.05, 3.63) is 0 Å². The summed E-state index contributed by atoms with van der Waals surface area (Å²) in [5.74, 6) is 2.71. The van der Waals surface area contributed by atoms with Crippen LogP contribution in [0.5, 0.6) is 0 Å². The monoisotopic (exact) mass is 239 g/mol. The molecule has 100 valence electrons. The van der Waals surface area contributed by atoms with Gasteiger partial charge in [-0.2, -0.15) is 0 Å². The van der Waals surface area contributed by atoms with Gasteiger partial charge in [0.2, 0.25) is 0 Å². The lowest BCUT2D eigenvalue weighted by atomic mass is 9.82. The Morgan fingerprint density at radius 3 is 2.41 bits per heavy atom. The van der Waals surface area contributed by atoms with E-state index in [4.69, 9.17) is 11.2 Å². The van der Waals surface area contributed by atoms with Crippen molar-refractivity contribution in [2.24, 2.45) is 5.41 Å². The first-order valence-corrected chi connectivity index (χ1v) is 6.67. The molecule has 2 nitrogen and oxygen atoms in total. The van der Waals surface area contributed by atoms with Gasteiger partial charge in [0.1, 0.15) is 0 Å². The molecule has 0 saturated heterocycles. The molecule has 0 aliphatic heterocycles. The molecule has 17 heavy (non-hydrogen) atoms. The van der Waals surface area contributed by atoms with Crippen molar-refractivity contribution >= 4 is 0 Å². The zero-order chi connectivity index (χ0) is 13.3. The number of nitrogens with one attached hydrogen (secondary N) is 1. The molecule has 0 aliphatic rings. The third-order valence-electron chi connectivity index (χ3n) is 2.97. The second-order valence-electron chi connectivity index (χ2n) is 5.68. The molecule has 0 bridgehead atoms. The number of methoxy groups -OCH3 is 1.